The highest BCUT2D eigenvalue weighted by atomic mass is 19.4. The van der Waals surface area contributed by atoms with Crippen molar-refractivity contribution in [3.63, 3.8) is 0 Å². The van der Waals surface area contributed by atoms with E-state index >= 15 is 0 Å². The van der Waals surface area contributed by atoms with Crippen LogP contribution in [0, 0.1) is 5.92 Å². The highest BCUT2D eigenvalue weighted by Crippen LogP contribution is 2.32. The number of hydrogen-bond donors (Lipinski definition) is 1. The number of nitrogens with zero attached hydrogens (tertiary/aromatic N) is 2. The third-order valence-corrected chi connectivity index (χ3v) is 4.27. The lowest BCUT2D eigenvalue weighted by molar-refractivity contribution is -0.183. The zero-order valence-electron chi connectivity index (χ0n) is 13.7. The molecule has 1 atom stereocenters. The molecule has 1 aliphatic rings. The molecule has 0 saturated carbocycles. The topological polar surface area (TPSA) is 35.6 Å². The van der Waals surface area contributed by atoms with Crippen molar-refractivity contribution in [1.82, 2.24) is 15.1 Å². The van der Waals surface area contributed by atoms with E-state index in [0.29, 0.717) is 25.6 Å². The number of carbonyl (C=O) groups is 1. The predicted molar refractivity (Wildman–Crippen MR) is 80.8 cm³/mol. The minimum Gasteiger partial charge on any atom is -0.338 e. The van der Waals surface area contributed by atoms with E-state index in [4.69, 9.17) is 0 Å². The van der Waals surface area contributed by atoms with Gasteiger partial charge in [0, 0.05) is 25.7 Å². The zero-order chi connectivity index (χ0) is 16.8. The van der Waals surface area contributed by atoms with Gasteiger partial charge in [0.2, 0.25) is 0 Å². The van der Waals surface area contributed by atoms with Crippen molar-refractivity contribution in [2.75, 3.05) is 33.2 Å². The number of piperidine rings is 1. The Morgan fingerprint density at radius 2 is 2.05 bits per heavy atom. The largest absolute Gasteiger partial charge is 0.393 e. The van der Waals surface area contributed by atoms with Crippen molar-refractivity contribution in [3.05, 3.63) is 0 Å². The number of amides is 2. The number of nitrogens with one attached hydrogen (secondary N) is 1. The van der Waals surface area contributed by atoms with Gasteiger partial charge in [0.1, 0.15) is 0 Å². The molecule has 0 aromatic carbocycles. The first-order chi connectivity index (χ1) is 10.2. The smallest absolute Gasteiger partial charge is 0.338 e. The van der Waals surface area contributed by atoms with Crippen molar-refractivity contribution in [2.24, 2.45) is 5.92 Å². The number of halogens is 3. The van der Waals surface area contributed by atoms with Gasteiger partial charge in [-0.25, -0.2) is 4.79 Å². The number of rotatable bonds is 6. The Labute approximate surface area is 131 Å². The minimum absolute atomic E-state index is 0.120. The van der Waals surface area contributed by atoms with Crippen LogP contribution >= 0.6 is 0 Å². The first kappa shape index (κ1) is 19.1. The van der Waals surface area contributed by atoms with Crippen LogP contribution in [-0.4, -0.2) is 61.3 Å². The third-order valence-electron chi connectivity index (χ3n) is 4.27. The van der Waals surface area contributed by atoms with Gasteiger partial charge < -0.3 is 15.1 Å². The summed E-state index contributed by atoms with van der Waals surface area (Å²) in [4.78, 5) is 15.4. The molecular formula is C15H28F3N3O. The van der Waals surface area contributed by atoms with Gasteiger partial charge in [-0.15, -0.1) is 0 Å². The van der Waals surface area contributed by atoms with Gasteiger partial charge in [0.15, 0.2) is 0 Å². The van der Waals surface area contributed by atoms with Gasteiger partial charge in [0.25, 0.3) is 0 Å². The van der Waals surface area contributed by atoms with E-state index in [9.17, 15) is 18.0 Å². The lowest BCUT2D eigenvalue weighted by Crippen LogP contribution is -2.48. The molecule has 1 unspecified atom stereocenters. The molecule has 0 aromatic heterocycles. The molecule has 7 heteroatoms. The maximum Gasteiger partial charge on any atom is 0.393 e. The molecule has 1 aliphatic heterocycles. The van der Waals surface area contributed by atoms with Crippen LogP contribution in [0.25, 0.3) is 0 Å². The summed E-state index contributed by atoms with van der Waals surface area (Å²) in [6.07, 6.45) is -1.88. The number of likely N-dealkylation sites (tertiary alicyclic amines) is 1. The SMILES string of the molecule is CC(C)N(C)CCCCNC(=O)N1CCCC(C(F)(F)F)C1. The van der Waals surface area contributed by atoms with Crippen LogP contribution in [0.1, 0.15) is 39.5 Å². The first-order valence-electron chi connectivity index (χ1n) is 8.01. The molecule has 0 aromatic rings. The third kappa shape index (κ3) is 6.42. The molecule has 1 rings (SSSR count). The summed E-state index contributed by atoms with van der Waals surface area (Å²) in [6, 6.07) is 0.119. The highest BCUT2D eigenvalue weighted by Gasteiger charge is 2.42. The van der Waals surface area contributed by atoms with Gasteiger partial charge in [-0.3, -0.25) is 0 Å². The van der Waals surface area contributed by atoms with Crippen molar-refractivity contribution in [3.8, 4) is 0 Å². The van der Waals surface area contributed by atoms with Crippen LogP contribution in [0.2, 0.25) is 0 Å². The summed E-state index contributed by atoms with van der Waals surface area (Å²) in [7, 11) is 2.05. The molecule has 130 valence electrons. The molecule has 0 spiro atoms. The van der Waals surface area contributed by atoms with Gasteiger partial charge in [-0.05, 0) is 53.1 Å². The second kappa shape index (κ2) is 8.60. The number of urea groups is 1. The molecule has 1 saturated heterocycles. The summed E-state index contributed by atoms with van der Waals surface area (Å²) in [5.41, 5.74) is 0. The average Bonchev–Trinajstić information content (AvgIpc) is 2.45. The lowest BCUT2D eigenvalue weighted by atomic mass is 9.98. The zero-order valence-corrected chi connectivity index (χ0v) is 13.7. The van der Waals surface area contributed by atoms with Crippen LogP contribution in [-0.2, 0) is 0 Å². The normalized spacial score (nSPS) is 19.8. The van der Waals surface area contributed by atoms with E-state index in [1.54, 1.807) is 0 Å². The fourth-order valence-electron chi connectivity index (χ4n) is 2.48. The first-order valence-corrected chi connectivity index (χ1v) is 8.01. The Hall–Kier alpha value is -0.980. The molecule has 0 radical (unpaired) electrons. The Bertz CT molecular complexity index is 347. The molecule has 2 amide bonds. The number of unbranched alkanes of at least 4 members (excludes halogenated alkanes) is 1. The van der Waals surface area contributed by atoms with Gasteiger partial charge >= 0.3 is 12.2 Å². The van der Waals surface area contributed by atoms with Crippen LogP contribution in [0.3, 0.4) is 0 Å². The van der Waals surface area contributed by atoms with Crippen LogP contribution in [0.4, 0.5) is 18.0 Å². The fraction of sp³-hybridized carbons (Fsp3) is 0.933. The maximum absolute atomic E-state index is 12.7. The molecule has 1 heterocycles. The molecule has 0 aliphatic carbocycles. The van der Waals surface area contributed by atoms with Gasteiger partial charge in [-0.2, -0.15) is 13.2 Å². The van der Waals surface area contributed by atoms with Crippen molar-refractivity contribution < 1.29 is 18.0 Å². The van der Waals surface area contributed by atoms with Crippen LogP contribution in [0.5, 0.6) is 0 Å². The minimum atomic E-state index is -4.21. The predicted octanol–water partition coefficient (Wildman–Crippen LogP) is 3.09. The summed E-state index contributed by atoms with van der Waals surface area (Å²) < 4.78 is 38.1. The van der Waals surface area contributed by atoms with Gasteiger partial charge in [0.05, 0.1) is 5.92 Å². The van der Waals surface area contributed by atoms with Crippen LogP contribution in [0.15, 0.2) is 0 Å². The Morgan fingerprint density at radius 3 is 2.64 bits per heavy atom. The molecule has 4 nitrogen and oxygen atoms in total. The van der Waals surface area contributed by atoms with E-state index in [1.807, 2.05) is 7.05 Å². The molecular weight excluding hydrogens is 295 g/mol. The molecule has 1 fully saturated rings. The van der Waals surface area contributed by atoms with E-state index in [-0.39, 0.29) is 19.0 Å². The van der Waals surface area contributed by atoms with E-state index in [0.717, 1.165) is 19.4 Å². The fourth-order valence-corrected chi connectivity index (χ4v) is 2.48. The summed E-state index contributed by atoms with van der Waals surface area (Å²) in [5, 5.41) is 2.73. The van der Waals surface area contributed by atoms with E-state index in [2.05, 4.69) is 24.1 Å². The van der Waals surface area contributed by atoms with Crippen molar-refractivity contribution in [1.29, 1.82) is 0 Å². The Balaban J connectivity index is 2.22. The van der Waals surface area contributed by atoms with Crippen molar-refractivity contribution >= 4 is 6.03 Å². The number of hydrogen-bond acceptors (Lipinski definition) is 2. The summed E-state index contributed by atoms with van der Waals surface area (Å²) in [5.74, 6) is -1.38. The Kier molecular flexibility index (Phi) is 7.45. The number of alkyl halides is 3. The Morgan fingerprint density at radius 1 is 1.36 bits per heavy atom. The molecule has 22 heavy (non-hydrogen) atoms. The standard InChI is InChI=1S/C15H28F3N3O/c1-12(2)20(3)9-5-4-8-19-14(22)21-10-6-7-13(11-21)15(16,17)18/h12-13H,4-11H2,1-3H3,(H,19,22). The number of carbonyl (C=O) groups excluding carboxylic acids is 1. The molecule has 0 bridgehead atoms. The van der Waals surface area contributed by atoms with Crippen LogP contribution < -0.4 is 5.32 Å². The second-order valence-corrected chi connectivity index (χ2v) is 6.34. The quantitative estimate of drug-likeness (QED) is 0.763. The van der Waals surface area contributed by atoms with E-state index in [1.165, 1.54) is 4.90 Å². The summed E-state index contributed by atoms with van der Waals surface area (Å²) in [6.45, 7) is 5.90. The van der Waals surface area contributed by atoms with Gasteiger partial charge in [-0.1, -0.05) is 0 Å². The lowest BCUT2D eigenvalue weighted by Gasteiger charge is -2.33. The molecule has 1 N–H and O–H groups in total. The maximum atomic E-state index is 12.7. The van der Waals surface area contributed by atoms with Crippen molar-refractivity contribution in [2.45, 2.75) is 51.7 Å². The summed E-state index contributed by atoms with van der Waals surface area (Å²) >= 11 is 0. The van der Waals surface area contributed by atoms with E-state index < -0.39 is 12.1 Å². The highest BCUT2D eigenvalue weighted by molar-refractivity contribution is 5.74. The second-order valence-electron chi connectivity index (χ2n) is 6.34. The average molecular weight is 323 g/mol. The monoisotopic (exact) mass is 323 g/mol.